The monoisotopic (exact) mass is 449 g/mol. The molecule has 1 heterocycles. The molecule has 3 aromatic rings. The zero-order valence-corrected chi connectivity index (χ0v) is 17.8. The molecular formula is C20H21ClN3O5P. The maximum absolute atomic E-state index is 12.3. The Bertz CT molecular complexity index is 1060. The molecule has 3 rings (SSSR count). The first-order valence-corrected chi connectivity index (χ1v) is 11.0. The lowest BCUT2D eigenvalue weighted by atomic mass is 10.0. The second kappa shape index (κ2) is 9.55. The number of rotatable bonds is 8. The molecule has 0 radical (unpaired) electrons. The van der Waals surface area contributed by atoms with Crippen LogP contribution in [0, 0.1) is 0 Å². The predicted molar refractivity (Wildman–Crippen MR) is 114 cm³/mol. The van der Waals surface area contributed by atoms with Crippen molar-refractivity contribution in [3.63, 3.8) is 0 Å². The van der Waals surface area contributed by atoms with E-state index in [9.17, 15) is 9.36 Å². The lowest BCUT2D eigenvalue weighted by Gasteiger charge is -2.09. The van der Waals surface area contributed by atoms with Crippen molar-refractivity contribution in [2.24, 2.45) is 7.05 Å². The maximum Gasteiger partial charge on any atom is 0.469 e. The molecule has 158 valence electrons. The molecular weight excluding hydrogens is 429 g/mol. The lowest BCUT2D eigenvalue weighted by molar-refractivity contribution is -0.116. The second-order valence-corrected chi connectivity index (χ2v) is 8.33. The number of nitrogens with zero attached hydrogens (tertiary/aromatic N) is 2. The van der Waals surface area contributed by atoms with Crippen molar-refractivity contribution in [3.05, 3.63) is 70.9 Å². The van der Waals surface area contributed by atoms with E-state index < -0.39 is 7.82 Å². The van der Waals surface area contributed by atoms with Crippen LogP contribution in [-0.2, 0) is 34.0 Å². The van der Waals surface area contributed by atoms with Gasteiger partial charge < -0.3 is 15.1 Å². The van der Waals surface area contributed by atoms with Gasteiger partial charge in [0.1, 0.15) is 0 Å². The lowest BCUT2D eigenvalue weighted by Crippen LogP contribution is -2.12. The summed E-state index contributed by atoms with van der Waals surface area (Å²) in [6.07, 6.45) is 2.55. The number of halogens is 1. The van der Waals surface area contributed by atoms with Gasteiger partial charge in [0.2, 0.25) is 5.91 Å². The zero-order valence-electron chi connectivity index (χ0n) is 16.2. The number of benzene rings is 2. The molecule has 1 amide bonds. The number of anilines is 1. The quantitative estimate of drug-likeness (QED) is 0.449. The molecule has 0 spiro atoms. The molecule has 0 aliphatic heterocycles. The Morgan fingerprint density at radius 3 is 2.47 bits per heavy atom. The van der Waals surface area contributed by atoms with Crippen LogP contribution >= 0.6 is 19.4 Å². The van der Waals surface area contributed by atoms with Gasteiger partial charge in [-0.15, -0.1) is 0 Å². The van der Waals surface area contributed by atoms with Gasteiger partial charge >= 0.3 is 7.82 Å². The van der Waals surface area contributed by atoms with E-state index in [0.717, 1.165) is 16.8 Å². The van der Waals surface area contributed by atoms with E-state index in [0.29, 0.717) is 22.7 Å². The molecule has 3 N–H and O–H groups in total. The highest BCUT2D eigenvalue weighted by Gasteiger charge is 2.14. The maximum atomic E-state index is 12.3. The van der Waals surface area contributed by atoms with E-state index in [-0.39, 0.29) is 18.9 Å². The Morgan fingerprint density at radius 1 is 1.17 bits per heavy atom. The van der Waals surface area contributed by atoms with Crippen LogP contribution in [0.4, 0.5) is 5.69 Å². The van der Waals surface area contributed by atoms with Gasteiger partial charge in [0.25, 0.3) is 0 Å². The average Bonchev–Trinajstić information content (AvgIpc) is 3.06. The SMILES string of the molecule is Cn1ncc(CCC(=O)Nc2ccc(COP(=O)(O)O)cc2)c1-c1ccc(Cl)cc1. The summed E-state index contributed by atoms with van der Waals surface area (Å²) in [5, 5.41) is 7.77. The minimum Gasteiger partial charge on any atom is -0.326 e. The molecule has 0 saturated heterocycles. The van der Waals surface area contributed by atoms with Crippen LogP contribution in [0.1, 0.15) is 17.5 Å². The van der Waals surface area contributed by atoms with Crippen LogP contribution in [0.5, 0.6) is 0 Å². The van der Waals surface area contributed by atoms with E-state index in [4.69, 9.17) is 21.4 Å². The molecule has 30 heavy (non-hydrogen) atoms. The van der Waals surface area contributed by atoms with Crippen molar-refractivity contribution in [1.29, 1.82) is 0 Å². The summed E-state index contributed by atoms with van der Waals surface area (Å²) in [5.74, 6) is -0.153. The number of hydrogen-bond donors (Lipinski definition) is 3. The molecule has 0 aliphatic rings. The molecule has 0 unspecified atom stereocenters. The van der Waals surface area contributed by atoms with Crippen LogP contribution in [0.2, 0.25) is 5.02 Å². The van der Waals surface area contributed by atoms with Crippen molar-refractivity contribution >= 4 is 31.0 Å². The molecule has 0 bridgehead atoms. The molecule has 1 aromatic heterocycles. The highest BCUT2D eigenvalue weighted by Crippen LogP contribution is 2.37. The number of carbonyl (C=O) groups excluding carboxylic acids is 1. The summed E-state index contributed by atoms with van der Waals surface area (Å²) in [4.78, 5) is 29.8. The first-order valence-electron chi connectivity index (χ1n) is 9.07. The summed E-state index contributed by atoms with van der Waals surface area (Å²) in [7, 11) is -2.66. The van der Waals surface area contributed by atoms with E-state index in [1.807, 2.05) is 31.3 Å². The summed E-state index contributed by atoms with van der Waals surface area (Å²) >= 11 is 5.96. The van der Waals surface area contributed by atoms with Crippen LogP contribution in [0.25, 0.3) is 11.3 Å². The first-order chi connectivity index (χ1) is 14.2. The fraction of sp³-hybridized carbons (Fsp3) is 0.200. The second-order valence-electron chi connectivity index (χ2n) is 6.66. The molecule has 0 aliphatic carbocycles. The number of phosphoric acid groups is 1. The number of aromatic nitrogens is 2. The van der Waals surface area contributed by atoms with Gasteiger partial charge in [-0.3, -0.25) is 14.0 Å². The summed E-state index contributed by atoms with van der Waals surface area (Å²) in [5.41, 5.74) is 4.04. The van der Waals surface area contributed by atoms with E-state index in [1.54, 1.807) is 35.1 Å². The van der Waals surface area contributed by atoms with Crippen molar-refractivity contribution in [3.8, 4) is 11.3 Å². The van der Waals surface area contributed by atoms with Gasteiger partial charge in [0, 0.05) is 29.7 Å². The Kier molecular flexibility index (Phi) is 7.07. The van der Waals surface area contributed by atoms with Crippen LogP contribution in [0.3, 0.4) is 0 Å². The van der Waals surface area contributed by atoms with Crippen molar-refractivity contribution in [2.75, 3.05) is 5.32 Å². The fourth-order valence-electron chi connectivity index (χ4n) is 2.96. The summed E-state index contributed by atoms with van der Waals surface area (Å²) in [6.45, 7) is -0.215. The van der Waals surface area contributed by atoms with Crippen LogP contribution < -0.4 is 5.32 Å². The minimum atomic E-state index is -4.51. The van der Waals surface area contributed by atoms with Crippen molar-refractivity contribution in [1.82, 2.24) is 9.78 Å². The first kappa shape index (κ1) is 22.2. The van der Waals surface area contributed by atoms with Crippen molar-refractivity contribution < 1.29 is 23.7 Å². The Labute approximate surface area is 178 Å². The van der Waals surface area contributed by atoms with E-state index in [1.165, 1.54) is 0 Å². The number of amides is 1. The minimum absolute atomic E-state index is 0.153. The molecule has 0 fully saturated rings. The van der Waals surface area contributed by atoms with Crippen molar-refractivity contribution in [2.45, 2.75) is 19.4 Å². The van der Waals surface area contributed by atoms with Gasteiger partial charge in [-0.2, -0.15) is 5.10 Å². The van der Waals surface area contributed by atoms with Crippen LogP contribution in [0.15, 0.2) is 54.7 Å². The highest BCUT2D eigenvalue weighted by atomic mass is 35.5. The van der Waals surface area contributed by atoms with Gasteiger partial charge in [0.05, 0.1) is 18.5 Å². The van der Waals surface area contributed by atoms with E-state index in [2.05, 4.69) is 14.9 Å². The zero-order chi connectivity index (χ0) is 21.7. The summed E-state index contributed by atoms with van der Waals surface area (Å²) in [6, 6.07) is 14.0. The normalized spacial score (nSPS) is 11.5. The largest absolute Gasteiger partial charge is 0.469 e. The Balaban J connectivity index is 1.58. The average molecular weight is 450 g/mol. The number of hydrogen-bond acceptors (Lipinski definition) is 4. The van der Waals surface area contributed by atoms with Gasteiger partial charge in [-0.1, -0.05) is 35.9 Å². The smallest absolute Gasteiger partial charge is 0.326 e. The molecule has 0 saturated carbocycles. The molecule has 10 heteroatoms. The third-order valence-electron chi connectivity index (χ3n) is 4.39. The number of aryl methyl sites for hydroxylation is 2. The van der Waals surface area contributed by atoms with E-state index >= 15 is 0 Å². The predicted octanol–water partition coefficient (Wildman–Crippen LogP) is 3.92. The highest BCUT2D eigenvalue weighted by molar-refractivity contribution is 7.46. The third kappa shape index (κ3) is 6.26. The topological polar surface area (TPSA) is 114 Å². The molecule has 2 aromatic carbocycles. The third-order valence-corrected chi connectivity index (χ3v) is 5.11. The molecule has 8 nitrogen and oxygen atoms in total. The Morgan fingerprint density at radius 2 is 1.83 bits per heavy atom. The van der Waals surface area contributed by atoms with Gasteiger partial charge in [-0.25, -0.2) is 4.57 Å². The summed E-state index contributed by atoms with van der Waals surface area (Å²) < 4.78 is 17.0. The number of carbonyl (C=O) groups is 1. The van der Waals surface area contributed by atoms with Crippen LogP contribution in [-0.4, -0.2) is 25.5 Å². The van der Waals surface area contributed by atoms with Gasteiger partial charge in [-0.05, 0) is 41.8 Å². The fourth-order valence-corrected chi connectivity index (χ4v) is 3.40. The number of phosphoric ester groups is 1. The van der Waals surface area contributed by atoms with Gasteiger partial charge in [0.15, 0.2) is 0 Å². The standard InChI is InChI=1S/C20H21ClN3O5P/c1-24-20(15-4-7-17(21)8-5-15)16(12-22-24)6-11-19(25)23-18-9-2-14(3-10-18)13-29-30(26,27)28/h2-5,7-10,12H,6,11,13H2,1H3,(H,23,25)(H2,26,27,28). The molecule has 0 atom stereocenters. The Hall–Kier alpha value is -2.48. The number of nitrogens with one attached hydrogen (secondary N) is 1.